The Bertz CT molecular complexity index is 1650. The first kappa shape index (κ1) is 31.2. The molecule has 4 aromatic rings. The zero-order valence-electron chi connectivity index (χ0n) is 24.4. The first-order chi connectivity index (χ1) is 21.0. The van der Waals surface area contributed by atoms with Crippen molar-refractivity contribution in [3.63, 3.8) is 0 Å². The van der Waals surface area contributed by atoms with Crippen LogP contribution in [0.4, 0.5) is 40.8 Å². The molecule has 3 N–H and O–H groups in total. The van der Waals surface area contributed by atoms with Crippen LogP contribution in [0, 0.1) is 6.92 Å². The molecule has 2 amide bonds. The second-order valence-corrected chi connectivity index (χ2v) is 10.9. The minimum absolute atomic E-state index is 0.0490. The third-order valence-corrected chi connectivity index (χ3v) is 7.38. The number of alkyl halides is 3. The van der Waals surface area contributed by atoms with Gasteiger partial charge in [-0.1, -0.05) is 24.6 Å². The number of nitrogens with zero attached hydrogens (tertiary/aromatic N) is 5. The summed E-state index contributed by atoms with van der Waals surface area (Å²) in [5.41, 5.74) is 2.62. The Balaban J connectivity index is 1.37. The number of aromatic nitrogens is 4. The van der Waals surface area contributed by atoms with E-state index in [-0.39, 0.29) is 11.8 Å². The number of amides is 2. The summed E-state index contributed by atoms with van der Waals surface area (Å²) in [6, 6.07) is 11.6. The van der Waals surface area contributed by atoms with Crippen molar-refractivity contribution in [3.05, 3.63) is 82.4 Å². The monoisotopic (exact) mass is 628 g/mol. The van der Waals surface area contributed by atoms with E-state index in [4.69, 9.17) is 21.4 Å². The van der Waals surface area contributed by atoms with Gasteiger partial charge in [0.25, 0.3) is 0 Å². The van der Waals surface area contributed by atoms with E-state index in [0.29, 0.717) is 36.2 Å². The summed E-state index contributed by atoms with van der Waals surface area (Å²) < 4.78 is 47.1. The first-order valence-corrected chi connectivity index (χ1v) is 14.4. The molecule has 1 fully saturated rings. The Hall–Kier alpha value is -4.20. The maximum Gasteiger partial charge on any atom is 0.417 e. The van der Waals surface area contributed by atoms with Gasteiger partial charge in [0.2, 0.25) is 0 Å². The number of hydrogen-bond acceptors (Lipinski definition) is 7. The molecule has 1 atom stereocenters. The van der Waals surface area contributed by atoms with Crippen LogP contribution in [-0.2, 0) is 23.9 Å². The molecule has 10 nitrogen and oxygen atoms in total. The quantitative estimate of drug-likeness (QED) is 0.197. The van der Waals surface area contributed by atoms with E-state index in [1.807, 2.05) is 39.0 Å². The molecule has 5 rings (SSSR count). The van der Waals surface area contributed by atoms with Gasteiger partial charge in [0, 0.05) is 54.5 Å². The van der Waals surface area contributed by atoms with Gasteiger partial charge in [-0.05, 0) is 56.2 Å². The van der Waals surface area contributed by atoms with Gasteiger partial charge in [-0.3, -0.25) is 4.90 Å². The van der Waals surface area contributed by atoms with Crippen molar-refractivity contribution in [3.8, 4) is 5.82 Å². The van der Waals surface area contributed by atoms with Crippen LogP contribution in [0.25, 0.3) is 5.82 Å². The molecule has 0 saturated carbocycles. The van der Waals surface area contributed by atoms with Crippen molar-refractivity contribution in [2.24, 2.45) is 0 Å². The van der Waals surface area contributed by atoms with Gasteiger partial charge in [0.05, 0.1) is 29.0 Å². The molecule has 1 aliphatic rings. The van der Waals surface area contributed by atoms with Crippen LogP contribution in [0.15, 0.2) is 54.9 Å². The van der Waals surface area contributed by atoms with Crippen molar-refractivity contribution in [2.45, 2.75) is 46.0 Å². The van der Waals surface area contributed by atoms with Crippen LogP contribution in [0.2, 0.25) is 5.02 Å². The lowest BCUT2D eigenvalue weighted by Crippen LogP contribution is -2.40. The summed E-state index contributed by atoms with van der Waals surface area (Å²) in [4.78, 5) is 23.7. The second-order valence-electron chi connectivity index (χ2n) is 10.5. The predicted octanol–water partition coefficient (Wildman–Crippen LogP) is 6.81. The molecule has 14 heteroatoms. The Kier molecular flexibility index (Phi) is 9.37. The van der Waals surface area contributed by atoms with E-state index in [1.54, 1.807) is 16.8 Å². The minimum atomic E-state index is -4.65. The molecule has 44 heavy (non-hydrogen) atoms. The zero-order chi connectivity index (χ0) is 31.4. The number of hydrogen-bond donors (Lipinski definition) is 3. The zero-order valence-corrected chi connectivity index (χ0v) is 25.1. The molecule has 2 aromatic carbocycles. The van der Waals surface area contributed by atoms with E-state index in [1.165, 1.54) is 12.4 Å². The largest absolute Gasteiger partial charge is 0.417 e. The number of anilines is 4. The smallest absolute Gasteiger partial charge is 0.376 e. The Morgan fingerprint density at radius 2 is 1.82 bits per heavy atom. The maximum atomic E-state index is 13.2. The number of morpholine rings is 1. The molecule has 1 aliphatic heterocycles. The van der Waals surface area contributed by atoms with Gasteiger partial charge in [-0.15, -0.1) is 0 Å². The minimum Gasteiger partial charge on any atom is -0.376 e. The lowest BCUT2D eigenvalue weighted by atomic mass is 10.1. The number of benzene rings is 2. The molecule has 0 radical (unpaired) electrons. The summed E-state index contributed by atoms with van der Waals surface area (Å²) in [6.45, 7) is 8.86. The second kappa shape index (κ2) is 13.2. The van der Waals surface area contributed by atoms with Gasteiger partial charge in [0.1, 0.15) is 12.1 Å². The fourth-order valence-corrected chi connectivity index (χ4v) is 5.04. The Labute approximate surface area is 257 Å². The lowest BCUT2D eigenvalue weighted by Gasteiger charge is -2.30. The molecule has 2 aromatic heterocycles. The van der Waals surface area contributed by atoms with Crippen LogP contribution in [0.3, 0.4) is 0 Å². The molecule has 0 spiro atoms. The molecule has 0 aliphatic carbocycles. The summed E-state index contributed by atoms with van der Waals surface area (Å²) in [5, 5.41) is 12.9. The molecule has 1 saturated heterocycles. The van der Waals surface area contributed by atoms with Crippen molar-refractivity contribution in [1.29, 1.82) is 0 Å². The van der Waals surface area contributed by atoms with Crippen molar-refractivity contribution >= 4 is 40.5 Å². The van der Waals surface area contributed by atoms with Gasteiger partial charge < -0.3 is 20.7 Å². The Morgan fingerprint density at radius 3 is 2.55 bits per heavy atom. The molecular formula is C30H32ClF3N8O2. The number of aryl methyl sites for hydroxylation is 2. The summed E-state index contributed by atoms with van der Waals surface area (Å²) in [6.07, 6.45) is -2.27. The third kappa shape index (κ3) is 7.65. The van der Waals surface area contributed by atoms with Crippen molar-refractivity contribution in [2.75, 3.05) is 35.6 Å². The number of urea groups is 1. The normalized spacial score (nSPS) is 15.7. The average molecular weight is 629 g/mol. The number of carbonyl (C=O) groups excluding carboxylic acids is 1. The summed E-state index contributed by atoms with van der Waals surface area (Å²) in [5.74, 6) is 1.26. The molecule has 0 unspecified atom stereocenters. The SMILES string of the molecule is CCc1cc(-n2nc(CN3CCO[C@H](C)C3)cc2Nc2cc(NC(=O)Nc3ccc(Cl)c(C(F)(F)F)c3)ccc2C)ncn1. The lowest BCUT2D eigenvalue weighted by molar-refractivity contribution is -0.137. The highest BCUT2D eigenvalue weighted by Gasteiger charge is 2.33. The predicted molar refractivity (Wildman–Crippen MR) is 163 cm³/mol. The van der Waals surface area contributed by atoms with E-state index in [2.05, 4.69) is 30.8 Å². The van der Waals surface area contributed by atoms with Gasteiger partial charge >= 0.3 is 12.2 Å². The highest BCUT2D eigenvalue weighted by atomic mass is 35.5. The number of rotatable bonds is 8. The van der Waals surface area contributed by atoms with Crippen molar-refractivity contribution in [1.82, 2.24) is 24.6 Å². The van der Waals surface area contributed by atoms with Crippen molar-refractivity contribution < 1.29 is 22.7 Å². The fraction of sp³-hybridized carbons (Fsp3) is 0.333. The summed E-state index contributed by atoms with van der Waals surface area (Å²) >= 11 is 5.69. The van der Waals surface area contributed by atoms with E-state index in [9.17, 15) is 18.0 Å². The number of ether oxygens (including phenoxy) is 1. The Morgan fingerprint density at radius 1 is 1.07 bits per heavy atom. The molecule has 232 valence electrons. The third-order valence-electron chi connectivity index (χ3n) is 7.05. The molecular weight excluding hydrogens is 597 g/mol. The standard InChI is InChI=1S/C30H32ClF3N8O2/c1-4-20-13-27(36-17-35-20)42-28(14-23(40-42)16-41-9-10-44-19(3)15-41)39-26-12-22(6-5-18(26)2)38-29(43)37-21-7-8-25(31)24(11-21)30(32,33)34/h5-8,11-14,17,19,39H,4,9-10,15-16H2,1-3H3,(H2,37,38,43)/t19-/m1/s1. The van der Waals surface area contributed by atoms with Crippen LogP contribution >= 0.6 is 11.6 Å². The summed E-state index contributed by atoms with van der Waals surface area (Å²) in [7, 11) is 0. The number of nitrogens with one attached hydrogen (secondary N) is 3. The van der Waals surface area contributed by atoms with Crippen LogP contribution in [-0.4, -0.2) is 56.5 Å². The van der Waals surface area contributed by atoms with Crippen LogP contribution in [0.5, 0.6) is 0 Å². The highest BCUT2D eigenvalue weighted by Crippen LogP contribution is 2.36. The first-order valence-electron chi connectivity index (χ1n) is 14.0. The topological polar surface area (TPSA) is 109 Å². The van der Waals surface area contributed by atoms with E-state index in [0.717, 1.165) is 48.6 Å². The van der Waals surface area contributed by atoms with Gasteiger partial charge in [-0.2, -0.15) is 23.0 Å². The van der Waals surface area contributed by atoms with E-state index >= 15 is 0 Å². The number of carbonyl (C=O) groups is 1. The van der Waals surface area contributed by atoms with Crippen LogP contribution in [0.1, 0.15) is 36.4 Å². The van der Waals surface area contributed by atoms with Crippen LogP contribution < -0.4 is 16.0 Å². The van der Waals surface area contributed by atoms with E-state index < -0.39 is 22.8 Å². The maximum absolute atomic E-state index is 13.2. The number of halogens is 4. The molecule has 0 bridgehead atoms. The highest BCUT2D eigenvalue weighted by molar-refractivity contribution is 6.31. The van der Waals surface area contributed by atoms with Gasteiger partial charge in [0.15, 0.2) is 5.82 Å². The van der Waals surface area contributed by atoms with Gasteiger partial charge in [-0.25, -0.2) is 14.8 Å². The average Bonchev–Trinajstić information content (AvgIpc) is 3.37. The molecule has 3 heterocycles. The fourth-order valence-electron chi connectivity index (χ4n) is 4.82.